The van der Waals surface area contributed by atoms with Crippen molar-refractivity contribution in [3.63, 3.8) is 0 Å². The molecule has 198 valence electrons. The average Bonchev–Trinajstić information content (AvgIpc) is 3.64. The van der Waals surface area contributed by atoms with E-state index in [9.17, 15) is 0 Å². The Bertz CT molecular complexity index is 1860. The van der Waals surface area contributed by atoms with Crippen LogP contribution in [0.5, 0.6) is 0 Å². The molecule has 5 nitrogen and oxygen atoms in total. The summed E-state index contributed by atoms with van der Waals surface area (Å²) in [5.41, 5.74) is 5.27. The van der Waals surface area contributed by atoms with Crippen LogP contribution in [0.4, 0.5) is 0 Å². The SMILES string of the molecule is Cc1ccc2c(-c3ccccc3-c3nnn(C(c4ccccc4)(c4ccccc4)c4ccccc4)n3)oc(C)c2c1. The van der Waals surface area contributed by atoms with Crippen molar-refractivity contribution in [1.82, 2.24) is 20.2 Å². The molecule has 0 bridgehead atoms. The molecule has 7 rings (SSSR count). The molecule has 5 heteroatoms. The number of tetrazole rings is 1. The van der Waals surface area contributed by atoms with Gasteiger partial charge in [-0.3, -0.25) is 0 Å². The molecular weight excluding hydrogens is 504 g/mol. The summed E-state index contributed by atoms with van der Waals surface area (Å²) in [6.45, 7) is 4.11. The maximum Gasteiger partial charge on any atom is 0.205 e. The number of nitrogens with zero attached hydrogens (tertiary/aromatic N) is 4. The van der Waals surface area contributed by atoms with Gasteiger partial charge in [-0.05, 0) is 41.8 Å². The molecule has 0 aliphatic rings. The van der Waals surface area contributed by atoms with Crippen molar-refractivity contribution >= 4 is 10.8 Å². The molecule has 2 aromatic heterocycles. The van der Waals surface area contributed by atoms with Crippen LogP contribution < -0.4 is 0 Å². The van der Waals surface area contributed by atoms with Crippen LogP contribution in [0.15, 0.2) is 138 Å². The molecule has 0 amide bonds. The number of furan rings is 1. The third-order valence-electron chi connectivity index (χ3n) is 7.76. The zero-order valence-electron chi connectivity index (χ0n) is 22.9. The molecule has 0 N–H and O–H groups in total. The Hall–Kier alpha value is -5.29. The largest absolute Gasteiger partial charge is 0.460 e. The van der Waals surface area contributed by atoms with Crippen LogP contribution in [0.25, 0.3) is 33.5 Å². The number of benzene rings is 5. The molecule has 2 heterocycles. The Morgan fingerprint density at radius 3 is 1.71 bits per heavy atom. The highest BCUT2D eigenvalue weighted by molar-refractivity contribution is 5.99. The lowest BCUT2D eigenvalue weighted by Crippen LogP contribution is -2.39. The van der Waals surface area contributed by atoms with Gasteiger partial charge in [-0.2, -0.15) is 0 Å². The van der Waals surface area contributed by atoms with Crippen LogP contribution in [0, 0.1) is 13.8 Å². The van der Waals surface area contributed by atoms with Gasteiger partial charge >= 0.3 is 0 Å². The Morgan fingerprint density at radius 1 is 0.585 bits per heavy atom. The van der Waals surface area contributed by atoms with Gasteiger partial charge in [-0.1, -0.05) is 133 Å². The first-order valence-corrected chi connectivity index (χ1v) is 13.7. The van der Waals surface area contributed by atoms with E-state index in [0.717, 1.165) is 50.1 Å². The number of aromatic nitrogens is 4. The zero-order valence-corrected chi connectivity index (χ0v) is 22.9. The van der Waals surface area contributed by atoms with E-state index in [4.69, 9.17) is 14.7 Å². The van der Waals surface area contributed by atoms with Crippen molar-refractivity contribution < 1.29 is 4.42 Å². The quantitative estimate of drug-likeness (QED) is 0.203. The first kappa shape index (κ1) is 24.7. The van der Waals surface area contributed by atoms with Crippen LogP contribution >= 0.6 is 0 Å². The molecule has 0 atom stereocenters. The van der Waals surface area contributed by atoms with E-state index in [-0.39, 0.29) is 0 Å². The molecule has 0 aliphatic heterocycles. The first-order valence-electron chi connectivity index (χ1n) is 13.7. The van der Waals surface area contributed by atoms with E-state index in [1.165, 1.54) is 5.56 Å². The summed E-state index contributed by atoms with van der Waals surface area (Å²) in [5.74, 6) is 2.23. The molecule has 0 saturated heterocycles. The van der Waals surface area contributed by atoms with E-state index in [1.807, 2.05) is 43.3 Å². The number of fused-ring (bicyclic) bond motifs is 1. The molecule has 41 heavy (non-hydrogen) atoms. The van der Waals surface area contributed by atoms with Crippen molar-refractivity contribution in [3.8, 4) is 22.7 Å². The summed E-state index contributed by atoms with van der Waals surface area (Å²) >= 11 is 0. The molecule has 7 aromatic rings. The Labute approximate surface area is 238 Å². The molecule has 0 spiro atoms. The summed E-state index contributed by atoms with van der Waals surface area (Å²) < 4.78 is 6.37. The first-order chi connectivity index (χ1) is 20.2. The minimum Gasteiger partial charge on any atom is -0.460 e. The molecule has 5 aromatic carbocycles. The fourth-order valence-electron chi connectivity index (χ4n) is 5.84. The normalized spacial score (nSPS) is 11.7. The number of hydrogen-bond acceptors (Lipinski definition) is 4. The minimum absolute atomic E-state index is 0.530. The topological polar surface area (TPSA) is 56.7 Å². The summed E-state index contributed by atoms with van der Waals surface area (Å²) in [7, 11) is 0. The highest BCUT2D eigenvalue weighted by atomic mass is 16.3. The van der Waals surface area contributed by atoms with Gasteiger partial charge in [0, 0.05) is 21.9 Å². The number of rotatable bonds is 6. The fraction of sp³-hybridized carbons (Fsp3) is 0.0833. The van der Waals surface area contributed by atoms with Gasteiger partial charge in [0.1, 0.15) is 11.5 Å². The van der Waals surface area contributed by atoms with Crippen LogP contribution in [0.1, 0.15) is 28.0 Å². The van der Waals surface area contributed by atoms with Crippen LogP contribution in [0.3, 0.4) is 0 Å². The average molecular weight is 533 g/mol. The van der Waals surface area contributed by atoms with Crippen LogP contribution in [-0.4, -0.2) is 20.2 Å². The lowest BCUT2D eigenvalue weighted by Gasteiger charge is -2.34. The van der Waals surface area contributed by atoms with Gasteiger partial charge in [-0.15, -0.1) is 15.0 Å². The van der Waals surface area contributed by atoms with Gasteiger partial charge in [0.05, 0.1) is 0 Å². The van der Waals surface area contributed by atoms with Gasteiger partial charge < -0.3 is 4.42 Å². The third kappa shape index (κ3) is 4.05. The zero-order chi connectivity index (χ0) is 27.8. The maximum absolute atomic E-state index is 6.37. The van der Waals surface area contributed by atoms with Crippen molar-refractivity contribution in [3.05, 3.63) is 161 Å². The summed E-state index contributed by atoms with van der Waals surface area (Å²) in [5, 5.41) is 16.7. The van der Waals surface area contributed by atoms with E-state index >= 15 is 0 Å². The Kier molecular flexibility index (Phi) is 6.05. The number of hydrogen-bond donors (Lipinski definition) is 0. The van der Waals surface area contributed by atoms with Crippen LogP contribution in [0.2, 0.25) is 0 Å². The third-order valence-corrected chi connectivity index (χ3v) is 7.76. The molecule has 0 aliphatic carbocycles. The monoisotopic (exact) mass is 532 g/mol. The van der Waals surface area contributed by atoms with Crippen molar-refractivity contribution in [2.24, 2.45) is 0 Å². The molecule has 0 saturated carbocycles. The minimum atomic E-state index is -0.838. The van der Waals surface area contributed by atoms with Crippen molar-refractivity contribution in [2.75, 3.05) is 0 Å². The lowest BCUT2D eigenvalue weighted by molar-refractivity contribution is 0.396. The van der Waals surface area contributed by atoms with Gasteiger partial charge in [0.25, 0.3) is 0 Å². The van der Waals surface area contributed by atoms with E-state index in [0.29, 0.717) is 5.82 Å². The molecule has 0 unspecified atom stereocenters. The molecule has 0 fully saturated rings. The van der Waals surface area contributed by atoms with Crippen molar-refractivity contribution in [2.45, 2.75) is 19.4 Å². The van der Waals surface area contributed by atoms with Gasteiger partial charge in [0.15, 0.2) is 5.54 Å². The van der Waals surface area contributed by atoms with Crippen molar-refractivity contribution in [1.29, 1.82) is 0 Å². The predicted molar refractivity (Wildman–Crippen MR) is 163 cm³/mol. The highest BCUT2D eigenvalue weighted by Crippen LogP contribution is 2.41. The Balaban J connectivity index is 1.46. The van der Waals surface area contributed by atoms with Gasteiger partial charge in [-0.25, -0.2) is 0 Å². The second kappa shape index (κ2) is 10.0. The van der Waals surface area contributed by atoms with E-state index in [2.05, 4.69) is 109 Å². The van der Waals surface area contributed by atoms with E-state index in [1.54, 1.807) is 4.80 Å². The summed E-state index contributed by atoms with van der Waals surface area (Å²) in [4.78, 5) is 1.76. The molecule has 0 radical (unpaired) electrons. The lowest BCUT2D eigenvalue weighted by atomic mass is 9.77. The smallest absolute Gasteiger partial charge is 0.205 e. The maximum atomic E-state index is 6.37. The predicted octanol–water partition coefficient (Wildman–Crippen LogP) is 8.21. The highest BCUT2D eigenvalue weighted by Gasteiger charge is 2.41. The fourth-order valence-corrected chi connectivity index (χ4v) is 5.84. The summed E-state index contributed by atoms with van der Waals surface area (Å²) in [6.07, 6.45) is 0. The number of aryl methyl sites for hydroxylation is 2. The molecular formula is C36H28N4O. The van der Waals surface area contributed by atoms with E-state index < -0.39 is 5.54 Å². The van der Waals surface area contributed by atoms with Gasteiger partial charge in [0.2, 0.25) is 5.82 Å². The second-order valence-electron chi connectivity index (χ2n) is 10.3. The second-order valence-corrected chi connectivity index (χ2v) is 10.3. The standard InChI is InChI=1S/C36H28N4O/c1-25-22-23-31-33(24-25)26(2)41-34(31)30-20-12-13-21-32(30)35-37-39-40(38-35)36(27-14-6-3-7-15-27,28-16-8-4-9-17-28)29-18-10-5-11-19-29/h3-24H,1-2H3. The Morgan fingerprint density at radius 2 is 1.12 bits per heavy atom. The summed E-state index contributed by atoms with van der Waals surface area (Å²) in [6, 6.07) is 45.6. The van der Waals surface area contributed by atoms with Crippen LogP contribution in [-0.2, 0) is 5.54 Å².